The lowest BCUT2D eigenvalue weighted by atomic mass is 10.1. The van der Waals surface area contributed by atoms with Crippen molar-refractivity contribution in [3.8, 4) is 0 Å². The van der Waals surface area contributed by atoms with E-state index in [0.717, 1.165) is 18.2 Å². The summed E-state index contributed by atoms with van der Waals surface area (Å²) < 4.78 is 61.7. The standard InChI is InChI=1S/C8H6F5N/c9-4-2-1-3-5(10)6(4)7(14)8(11,12)13/h1-3,7H,14H2/t7-/m0/s1. The lowest BCUT2D eigenvalue weighted by Crippen LogP contribution is -2.30. The van der Waals surface area contributed by atoms with Crippen LogP contribution in [0.4, 0.5) is 22.0 Å². The van der Waals surface area contributed by atoms with Gasteiger partial charge in [0.15, 0.2) is 0 Å². The summed E-state index contributed by atoms with van der Waals surface area (Å²) >= 11 is 0. The third kappa shape index (κ3) is 2.01. The van der Waals surface area contributed by atoms with Gasteiger partial charge in [0.2, 0.25) is 0 Å². The Morgan fingerprint density at radius 1 is 1.07 bits per heavy atom. The van der Waals surface area contributed by atoms with E-state index in [-0.39, 0.29) is 0 Å². The molecule has 1 atom stereocenters. The van der Waals surface area contributed by atoms with Gasteiger partial charge in [0.1, 0.15) is 17.7 Å². The van der Waals surface area contributed by atoms with Gasteiger partial charge in [0, 0.05) is 5.56 Å². The molecule has 0 aromatic heterocycles. The molecular formula is C8H6F5N. The van der Waals surface area contributed by atoms with Crippen LogP contribution in [0.1, 0.15) is 11.6 Å². The molecule has 0 amide bonds. The van der Waals surface area contributed by atoms with Crippen molar-refractivity contribution in [2.45, 2.75) is 12.2 Å². The first-order valence-electron chi connectivity index (χ1n) is 3.60. The average molecular weight is 211 g/mol. The monoisotopic (exact) mass is 211 g/mol. The zero-order chi connectivity index (χ0) is 10.9. The summed E-state index contributed by atoms with van der Waals surface area (Å²) in [6, 6.07) is -0.214. The molecule has 0 saturated carbocycles. The molecule has 0 bridgehead atoms. The molecule has 0 radical (unpaired) electrons. The van der Waals surface area contributed by atoms with E-state index in [9.17, 15) is 22.0 Å². The topological polar surface area (TPSA) is 26.0 Å². The second-order valence-corrected chi connectivity index (χ2v) is 2.65. The van der Waals surface area contributed by atoms with Gasteiger partial charge in [-0.3, -0.25) is 0 Å². The number of nitrogens with two attached hydrogens (primary N) is 1. The summed E-state index contributed by atoms with van der Waals surface area (Å²) in [7, 11) is 0. The van der Waals surface area contributed by atoms with Gasteiger partial charge in [0.05, 0.1) is 0 Å². The molecule has 78 valence electrons. The summed E-state index contributed by atoms with van der Waals surface area (Å²) in [5.74, 6) is -2.59. The maximum atomic E-state index is 12.8. The fraction of sp³-hybridized carbons (Fsp3) is 0.250. The molecule has 1 rings (SSSR count). The van der Waals surface area contributed by atoms with Crippen LogP contribution in [0.3, 0.4) is 0 Å². The minimum absolute atomic E-state index is 0.726. The van der Waals surface area contributed by atoms with E-state index in [1.807, 2.05) is 0 Å². The molecule has 0 spiro atoms. The average Bonchev–Trinajstić information content (AvgIpc) is 2.01. The Kier molecular flexibility index (Phi) is 2.75. The second kappa shape index (κ2) is 3.53. The van der Waals surface area contributed by atoms with E-state index in [2.05, 4.69) is 5.73 Å². The van der Waals surface area contributed by atoms with Crippen molar-refractivity contribution < 1.29 is 22.0 Å². The molecule has 0 heterocycles. The van der Waals surface area contributed by atoms with E-state index in [4.69, 9.17) is 0 Å². The summed E-state index contributed by atoms with van der Waals surface area (Å²) in [5, 5.41) is 0. The molecule has 1 aromatic carbocycles. The minimum Gasteiger partial charge on any atom is -0.316 e. The van der Waals surface area contributed by atoms with Crippen LogP contribution in [0.2, 0.25) is 0 Å². The van der Waals surface area contributed by atoms with Crippen LogP contribution in [0.25, 0.3) is 0 Å². The van der Waals surface area contributed by atoms with Crippen molar-refractivity contribution in [1.82, 2.24) is 0 Å². The van der Waals surface area contributed by atoms with E-state index in [1.54, 1.807) is 0 Å². The number of hydrogen-bond donors (Lipinski definition) is 1. The van der Waals surface area contributed by atoms with Crippen LogP contribution in [0.15, 0.2) is 18.2 Å². The minimum atomic E-state index is -4.86. The summed E-state index contributed by atoms with van der Waals surface area (Å²) in [4.78, 5) is 0. The number of alkyl halides is 3. The molecule has 6 heteroatoms. The fourth-order valence-corrected chi connectivity index (χ4v) is 0.971. The maximum absolute atomic E-state index is 12.8. The van der Waals surface area contributed by atoms with Gasteiger partial charge in [-0.15, -0.1) is 0 Å². The van der Waals surface area contributed by atoms with Crippen LogP contribution in [-0.4, -0.2) is 6.18 Å². The fourth-order valence-electron chi connectivity index (χ4n) is 0.971. The lowest BCUT2D eigenvalue weighted by Gasteiger charge is -2.16. The van der Waals surface area contributed by atoms with Gasteiger partial charge in [-0.05, 0) is 12.1 Å². The van der Waals surface area contributed by atoms with Crippen LogP contribution < -0.4 is 5.73 Å². The predicted octanol–water partition coefficient (Wildman–Crippen LogP) is 2.53. The van der Waals surface area contributed by atoms with Gasteiger partial charge in [-0.2, -0.15) is 13.2 Å². The molecule has 1 nitrogen and oxygen atoms in total. The highest BCUT2D eigenvalue weighted by Crippen LogP contribution is 2.32. The summed E-state index contributed by atoms with van der Waals surface area (Å²) in [6.45, 7) is 0. The summed E-state index contributed by atoms with van der Waals surface area (Å²) in [5.41, 5.74) is 3.52. The molecule has 2 N–H and O–H groups in total. The van der Waals surface area contributed by atoms with Gasteiger partial charge in [-0.1, -0.05) is 6.07 Å². The Hall–Kier alpha value is -1.17. The molecule has 0 saturated heterocycles. The highest BCUT2D eigenvalue weighted by molar-refractivity contribution is 5.24. The first-order valence-corrected chi connectivity index (χ1v) is 3.60. The number of hydrogen-bond acceptors (Lipinski definition) is 1. The van der Waals surface area contributed by atoms with Gasteiger partial charge in [-0.25, -0.2) is 8.78 Å². The molecule has 0 aliphatic carbocycles. The third-order valence-corrected chi connectivity index (χ3v) is 1.66. The van der Waals surface area contributed by atoms with Crippen LogP contribution >= 0.6 is 0 Å². The Morgan fingerprint density at radius 2 is 1.50 bits per heavy atom. The number of benzene rings is 1. The molecule has 1 aromatic rings. The van der Waals surface area contributed by atoms with Crippen molar-refractivity contribution in [3.63, 3.8) is 0 Å². The molecule has 0 aliphatic rings. The Bertz CT molecular complexity index is 313. The van der Waals surface area contributed by atoms with Gasteiger partial charge in [0.25, 0.3) is 0 Å². The van der Waals surface area contributed by atoms with E-state index in [1.165, 1.54) is 0 Å². The van der Waals surface area contributed by atoms with Gasteiger partial charge >= 0.3 is 6.18 Å². The number of rotatable bonds is 1. The Balaban J connectivity index is 3.19. The van der Waals surface area contributed by atoms with Crippen LogP contribution in [0.5, 0.6) is 0 Å². The smallest absolute Gasteiger partial charge is 0.316 e. The first kappa shape index (κ1) is 10.9. The SMILES string of the molecule is N[C@@H](c1c(F)cccc1F)C(F)(F)F. The molecule has 0 aliphatic heterocycles. The molecule has 0 unspecified atom stereocenters. The number of halogens is 5. The van der Waals surface area contributed by atoms with Crippen molar-refractivity contribution in [2.75, 3.05) is 0 Å². The second-order valence-electron chi connectivity index (χ2n) is 2.65. The largest absolute Gasteiger partial charge is 0.407 e. The highest BCUT2D eigenvalue weighted by Gasteiger charge is 2.40. The molecule has 0 fully saturated rings. The van der Waals surface area contributed by atoms with Crippen LogP contribution in [0, 0.1) is 11.6 Å². The van der Waals surface area contributed by atoms with Crippen molar-refractivity contribution in [1.29, 1.82) is 0 Å². The van der Waals surface area contributed by atoms with Crippen molar-refractivity contribution in [3.05, 3.63) is 35.4 Å². The van der Waals surface area contributed by atoms with Crippen LogP contribution in [-0.2, 0) is 0 Å². The summed E-state index contributed by atoms with van der Waals surface area (Å²) in [6.07, 6.45) is -4.86. The normalized spacial score (nSPS) is 14.1. The molecule has 14 heavy (non-hydrogen) atoms. The maximum Gasteiger partial charge on any atom is 0.407 e. The Labute approximate surface area is 76.3 Å². The van der Waals surface area contributed by atoms with Crippen molar-refractivity contribution in [2.24, 2.45) is 5.73 Å². The van der Waals surface area contributed by atoms with E-state index < -0.39 is 29.4 Å². The zero-order valence-corrected chi connectivity index (χ0v) is 6.78. The first-order chi connectivity index (χ1) is 6.34. The van der Waals surface area contributed by atoms with E-state index in [0.29, 0.717) is 0 Å². The Morgan fingerprint density at radius 3 is 1.86 bits per heavy atom. The quantitative estimate of drug-likeness (QED) is 0.709. The molecular weight excluding hydrogens is 205 g/mol. The van der Waals surface area contributed by atoms with E-state index >= 15 is 0 Å². The third-order valence-electron chi connectivity index (χ3n) is 1.66. The van der Waals surface area contributed by atoms with Gasteiger partial charge < -0.3 is 5.73 Å². The lowest BCUT2D eigenvalue weighted by molar-refractivity contribution is -0.150. The van der Waals surface area contributed by atoms with Crippen molar-refractivity contribution >= 4 is 0 Å². The zero-order valence-electron chi connectivity index (χ0n) is 6.78. The predicted molar refractivity (Wildman–Crippen MR) is 39.3 cm³/mol. The highest BCUT2D eigenvalue weighted by atomic mass is 19.4.